The van der Waals surface area contributed by atoms with Crippen molar-refractivity contribution in [1.82, 2.24) is 14.5 Å². The summed E-state index contributed by atoms with van der Waals surface area (Å²) in [6.45, 7) is 0. The Hall–Kier alpha value is -4.57. The van der Waals surface area contributed by atoms with E-state index in [1.165, 1.54) is 6.42 Å². The highest BCUT2D eigenvalue weighted by molar-refractivity contribution is 5.96. The summed E-state index contributed by atoms with van der Waals surface area (Å²) >= 11 is 0. The molecule has 0 bridgehead atoms. The van der Waals surface area contributed by atoms with Crippen LogP contribution in [0.5, 0.6) is 0 Å². The molecule has 1 fully saturated rings. The van der Waals surface area contributed by atoms with Gasteiger partial charge < -0.3 is 4.57 Å². The maximum absolute atomic E-state index is 12.9. The summed E-state index contributed by atoms with van der Waals surface area (Å²) in [5, 5.41) is 0. The van der Waals surface area contributed by atoms with Crippen molar-refractivity contribution >= 4 is 11.9 Å². The van der Waals surface area contributed by atoms with Gasteiger partial charge in [0.15, 0.2) is 5.78 Å². The molecule has 0 amide bonds. The molecule has 6 rings (SSSR count). The van der Waals surface area contributed by atoms with Crippen molar-refractivity contribution in [2.45, 2.75) is 37.6 Å². The van der Waals surface area contributed by atoms with Crippen molar-refractivity contribution < 1.29 is 4.79 Å². The number of hydrogen-bond acceptors (Lipinski definition) is 3. The van der Waals surface area contributed by atoms with E-state index in [2.05, 4.69) is 88.5 Å². The van der Waals surface area contributed by atoms with Gasteiger partial charge in [-0.1, -0.05) is 110 Å². The number of carbonyl (C=O) groups is 1. The average Bonchev–Trinajstić information content (AvgIpc) is 3.53. The van der Waals surface area contributed by atoms with Gasteiger partial charge >= 0.3 is 0 Å². The Balaban J connectivity index is 1.46. The predicted octanol–water partition coefficient (Wildman–Crippen LogP) is 7.95. The fourth-order valence-corrected chi connectivity index (χ4v) is 6.10. The lowest BCUT2D eigenvalue weighted by Crippen LogP contribution is -2.36. The van der Waals surface area contributed by atoms with Crippen molar-refractivity contribution in [1.29, 1.82) is 0 Å². The number of benzene rings is 3. The Labute approximate surface area is 236 Å². The monoisotopic (exact) mass is 523 g/mol. The molecule has 1 aliphatic carbocycles. The van der Waals surface area contributed by atoms with Gasteiger partial charge in [-0.25, -0.2) is 4.98 Å². The maximum Gasteiger partial charge on any atom is 0.158 e. The second-order valence-electron chi connectivity index (χ2n) is 10.5. The molecule has 0 spiro atoms. The number of pyridine rings is 1. The van der Waals surface area contributed by atoms with Crippen molar-refractivity contribution in [3.63, 3.8) is 0 Å². The Morgan fingerprint density at radius 1 is 0.775 bits per heavy atom. The molecule has 2 aromatic heterocycles. The van der Waals surface area contributed by atoms with Crippen LogP contribution >= 0.6 is 0 Å². The van der Waals surface area contributed by atoms with Crippen molar-refractivity contribution in [2.75, 3.05) is 0 Å². The molecule has 0 atom stereocenters. The summed E-state index contributed by atoms with van der Waals surface area (Å²) < 4.78 is 2.21. The van der Waals surface area contributed by atoms with Crippen LogP contribution in [0.3, 0.4) is 0 Å². The lowest BCUT2D eigenvalue weighted by Gasteiger charge is -2.37. The fourth-order valence-electron chi connectivity index (χ4n) is 6.10. The molecule has 0 saturated heterocycles. The number of allylic oxidation sites excluding steroid dienone is 1. The summed E-state index contributed by atoms with van der Waals surface area (Å²) in [5.41, 5.74) is 5.47. The van der Waals surface area contributed by atoms with Crippen LogP contribution in [0.15, 0.2) is 128 Å². The molecule has 4 heteroatoms. The Morgan fingerprint density at radius 2 is 1.35 bits per heavy atom. The second kappa shape index (κ2) is 11.7. The van der Waals surface area contributed by atoms with E-state index in [0.29, 0.717) is 0 Å². The molecule has 0 N–H and O–H groups in total. The lowest BCUT2D eigenvalue weighted by molar-refractivity contribution is -0.119. The first-order chi connectivity index (χ1) is 19.8. The first-order valence-corrected chi connectivity index (χ1v) is 14.1. The number of imidazole rings is 1. The van der Waals surface area contributed by atoms with Crippen molar-refractivity contribution in [2.24, 2.45) is 5.92 Å². The van der Waals surface area contributed by atoms with Gasteiger partial charge in [0, 0.05) is 35.6 Å². The SMILES string of the molecule is O=C(/C=C/c1cnccc1-c1cn(C(c2ccccc2)(c2ccccc2)c2ccccc2)cn1)C1CCCCC1. The van der Waals surface area contributed by atoms with E-state index < -0.39 is 5.54 Å². The smallest absolute Gasteiger partial charge is 0.158 e. The predicted molar refractivity (Wildman–Crippen MR) is 161 cm³/mol. The summed E-state index contributed by atoms with van der Waals surface area (Å²) in [6, 6.07) is 33.7. The molecule has 40 heavy (non-hydrogen) atoms. The molecule has 5 aromatic rings. The molecular weight excluding hydrogens is 490 g/mol. The number of ketones is 1. The minimum absolute atomic E-state index is 0.146. The molecule has 2 heterocycles. The molecular formula is C36H33N3O. The zero-order valence-corrected chi connectivity index (χ0v) is 22.6. The normalized spacial score (nSPS) is 14.4. The highest BCUT2D eigenvalue weighted by Gasteiger charge is 2.38. The Bertz CT molecular complexity index is 1490. The van der Waals surface area contributed by atoms with Crippen LogP contribution in [-0.4, -0.2) is 20.3 Å². The molecule has 198 valence electrons. The van der Waals surface area contributed by atoms with Gasteiger partial charge in [0.2, 0.25) is 0 Å². The highest BCUT2D eigenvalue weighted by atomic mass is 16.1. The molecule has 1 saturated carbocycles. The number of aromatic nitrogens is 3. The Morgan fingerprint density at radius 3 is 1.93 bits per heavy atom. The van der Waals surface area contributed by atoms with E-state index in [1.807, 2.05) is 42.9 Å². The first-order valence-electron chi connectivity index (χ1n) is 14.1. The molecule has 1 aliphatic rings. The van der Waals surface area contributed by atoms with Gasteiger partial charge in [-0.15, -0.1) is 0 Å². The van der Waals surface area contributed by atoms with Crippen LogP contribution in [0.4, 0.5) is 0 Å². The van der Waals surface area contributed by atoms with Crippen LogP contribution in [0.2, 0.25) is 0 Å². The Kier molecular flexibility index (Phi) is 7.49. The number of carbonyl (C=O) groups excluding carboxylic acids is 1. The van der Waals surface area contributed by atoms with Crippen LogP contribution in [0.1, 0.15) is 54.4 Å². The third kappa shape index (κ3) is 4.93. The van der Waals surface area contributed by atoms with E-state index in [0.717, 1.165) is 59.2 Å². The molecule has 0 unspecified atom stereocenters. The summed E-state index contributed by atoms with van der Waals surface area (Å²) in [7, 11) is 0. The largest absolute Gasteiger partial charge is 0.318 e. The summed E-state index contributed by atoms with van der Waals surface area (Å²) in [4.78, 5) is 22.2. The lowest BCUT2D eigenvalue weighted by atomic mass is 9.77. The zero-order chi connectivity index (χ0) is 27.2. The summed E-state index contributed by atoms with van der Waals surface area (Å²) in [5.74, 6) is 0.365. The second-order valence-corrected chi connectivity index (χ2v) is 10.5. The molecule has 0 aliphatic heterocycles. The van der Waals surface area contributed by atoms with Gasteiger partial charge in [-0.3, -0.25) is 9.78 Å². The quantitative estimate of drug-likeness (QED) is 0.153. The molecule has 3 aromatic carbocycles. The van der Waals surface area contributed by atoms with E-state index in [1.54, 1.807) is 12.3 Å². The van der Waals surface area contributed by atoms with Crippen LogP contribution in [0, 0.1) is 5.92 Å². The minimum Gasteiger partial charge on any atom is -0.318 e. The standard InChI is InChI=1S/C36H33N3O/c40-35(28-13-5-1-6-14-28)22-21-29-25-37-24-23-33(29)34-26-39(27-38-34)36(30-15-7-2-8-16-30,31-17-9-3-10-18-31)32-19-11-4-12-20-32/h2-4,7-12,15-28H,1,5-6,13-14H2/b22-21+. The van der Waals surface area contributed by atoms with Crippen LogP contribution in [-0.2, 0) is 10.3 Å². The van der Waals surface area contributed by atoms with E-state index >= 15 is 0 Å². The third-order valence-corrected chi connectivity index (χ3v) is 8.11. The summed E-state index contributed by atoms with van der Waals surface area (Å²) in [6.07, 6.45) is 16.8. The van der Waals surface area contributed by atoms with Gasteiger partial charge in [0.05, 0.1) is 12.0 Å². The van der Waals surface area contributed by atoms with Gasteiger partial charge in [0.1, 0.15) is 5.54 Å². The third-order valence-electron chi connectivity index (χ3n) is 8.11. The number of rotatable bonds is 8. The van der Waals surface area contributed by atoms with E-state index in [9.17, 15) is 4.79 Å². The fraction of sp³-hybridized carbons (Fsp3) is 0.194. The van der Waals surface area contributed by atoms with Gasteiger partial charge in [-0.05, 0) is 47.8 Å². The van der Waals surface area contributed by atoms with Crippen molar-refractivity contribution in [3.05, 3.63) is 150 Å². The molecule has 4 nitrogen and oxygen atoms in total. The molecule has 0 radical (unpaired) electrons. The first kappa shape index (κ1) is 25.7. The average molecular weight is 524 g/mol. The van der Waals surface area contributed by atoms with Gasteiger partial charge in [-0.2, -0.15) is 0 Å². The minimum atomic E-state index is -0.630. The van der Waals surface area contributed by atoms with Crippen LogP contribution in [0.25, 0.3) is 17.3 Å². The number of hydrogen-bond donors (Lipinski definition) is 0. The zero-order valence-electron chi connectivity index (χ0n) is 22.6. The van der Waals surface area contributed by atoms with E-state index in [-0.39, 0.29) is 11.7 Å². The topological polar surface area (TPSA) is 47.8 Å². The van der Waals surface area contributed by atoms with Crippen molar-refractivity contribution in [3.8, 4) is 11.3 Å². The van der Waals surface area contributed by atoms with E-state index in [4.69, 9.17) is 4.98 Å². The van der Waals surface area contributed by atoms with Crippen LogP contribution < -0.4 is 0 Å². The number of nitrogens with zero attached hydrogens (tertiary/aromatic N) is 3. The highest BCUT2D eigenvalue weighted by Crippen LogP contribution is 2.41. The maximum atomic E-state index is 12.9. The van der Waals surface area contributed by atoms with Gasteiger partial charge in [0.25, 0.3) is 0 Å².